The molecule has 6 rings (SSSR count). The summed E-state index contributed by atoms with van der Waals surface area (Å²) in [4.78, 5) is 14.4. The van der Waals surface area contributed by atoms with Crippen LogP contribution in [0.25, 0.3) is 0 Å². The molecule has 3 aromatic rings. The maximum absolute atomic E-state index is 14.7. The van der Waals surface area contributed by atoms with Crippen molar-refractivity contribution in [2.45, 2.75) is 32.0 Å². The average molecular weight is 579 g/mol. The molecule has 3 heterocycles. The monoisotopic (exact) mass is 578 g/mol. The minimum Gasteiger partial charge on any atom is -1.00 e. The molecule has 0 unspecified atom stereocenters. The molecule has 3 aliphatic heterocycles. The molecule has 0 aromatic heterocycles. The van der Waals surface area contributed by atoms with E-state index < -0.39 is 29.4 Å². The van der Waals surface area contributed by atoms with Crippen molar-refractivity contribution in [2.75, 3.05) is 24.5 Å². The number of ether oxygens (including phenoxy) is 1. The van der Waals surface area contributed by atoms with Crippen LogP contribution < -0.4 is 21.9 Å². The SMILES string of the molecule is O=C(O[C@H]1C[N+]2(Cc3ccccc3)CCC1CC2)N(Cc1cc(F)c(F)c(F)c1)c1ccccc1F.[Br-]. The quantitative estimate of drug-likeness (QED) is 0.255. The number of anilines is 1. The van der Waals surface area contributed by atoms with Crippen molar-refractivity contribution in [3.63, 3.8) is 0 Å². The minimum absolute atomic E-state index is 0. The molecule has 9 heteroatoms. The normalized spacial score (nSPS) is 22.3. The predicted octanol–water partition coefficient (Wildman–Crippen LogP) is 3.20. The van der Waals surface area contributed by atoms with Crippen LogP contribution in [0.1, 0.15) is 24.0 Å². The van der Waals surface area contributed by atoms with Gasteiger partial charge in [-0.25, -0.2) is 22.4 Å². The fourth-order valence-corrected chi connectivity index (χ4v) is 5.54. The number of quaternary nitrogens is 1. The van der Waals surface area contributed by atoms with E-state index in [2.05, 4.69) is 12.1 Å². The molecule has 3 aromatic carbocycles. The van der Waals surface area contributed by atoms with E-state index in [1.165, 1.54) is 23.8 Å². The Labute approximate surface area is 223 Å². The topological polar surface area (TPSA) is 29.5 Å². The van der Waals surface area contributed by atoms with Crippen LogP contribution in [0.3, 0.4) is 0 Å². The molecule has 3 fully saturated rings. The van der Waals surface area contributed by atoms with Crippen LogP contribution in [-0.2, 0) is 17.8 Å². The zero-order valence-corrected chi connectivity index (χ0v) is 21.6. The fraction of sp³-hybridized carbons (Fsp3) is 0.321. The first-order chi connectivity index (χ1) is 17.3. The van der Waals surface area contributed by atoms with Crippen LogP contribution in [0.15, 0.2) is 66.7 Å². The number of nitrogens with zero attached hydrogens (tertiary/aromatic N) is 2. The van der Waals surface area contributed by atoms with Crippen LogP contribution in [0.5, 0.6) is 0 Å². The van der Waals surface area contributed by atoms with Gasteiger partial charge in [-0.1, -0.05) is 42.5 Å². The second-order valence-electron chi connectivity index (χ2n) is 9.79. The van der Waals surface area contributed by atoms with E-state index in [-0.39, 0.29) is 46.8 Å². The number of carbonyl (C=O) groups is 1. The van der Waals surface area contributed by atoms with Crippen molar-refractivity contribution >= 4 is 11.8 Å². The summed E-state index contributed by atoms with van der Waals surface area (Å²) in [6, 6.07) is 17.4. The molecule has 4 nitrogen and oxygen atoms in total. The van der Waals surface area contributed by atoms with E-state index in [4.69, 9.17) is 4.74 Å². The van der Waals surface area contributed by atoms with Crippen LogP contribution >= 0.6 is 0 Å². The van der Waals surface area contributed by atoms with Gasteiger partial charge in [0.05, 0.1) is 25.3 Å². The number of hydrogen-bond donors (Lipinski definition) is 0. The highest BCUT2D eigenvalue weighted by molar-refractivity contribution is 5.87. The van der Waals surface area contributed by atoms with E-state index in [0.29, 0.717) is 6.54 Å². The fourth-order valence-electron chi connectivity index (χ4n) is 5.54. The molecule has 3 aliphatic rings. The summed E-state index contributed by atoms with van der Waals surface area (Å²) in [5.74, 6) is -4.83. The van der Waals surface area contributed by atoms with E-state index in [0.717, 1.165) is 54.0 Å². The van der Waals surface area contributed by atoms with Crippen molar-refractivity contribution in [1.29, 1.82) is 0 Å². The number of fused-ring (bicyclic) bond motifs is 3. The lowest BCUT2D eigenvalue weighted by atomic mass is 9.83. The van der Waals surface area contributed by atoms with Gasteiger partial charge in [0.15, 0.2) is 23.6 Å². The van der Waals surface area contributed by atoms with Gasteiger partial charge in [-0.05, 0) is 29.8 Å². The van der Waals surface area contributed by atoms with Crippen LogP contribution in [0.2, 0.25) is 0 Å². The summed E-state index contributed by atoms with van der Waals surface area (Å²) in [6.45, 7) is 3.11. The lowest BCUT2D eigenvalue weighted by molar-refractivity contribution is -0.958. The molecule has 1 atom stereocenters. The molecule has 196 valence electrons. The third-order valence-electron chi connectivity index (χ3n) is 7.40. The second kappa shape index (κ2) is 11.2. The Balaban J connectivity index is 0.00000320. The Morgan fingerprint density at radius 3 is 2.14 bits per heavy atom. The standard InChI is InChI=1S/C28H27F4N2O2.BrH/c29-22-8-4-5-9-25(22)33(16-20-14-23(30)27(32)24(31)15-20)28(35)36-26-18-34(12-10-21(26)11-13-34)17-19-6-2-1-3-7-19;/h1-9,14-15,21,26H,10-13,16-18H2;1H/q+1;/p-1/t21?,26-,34?;/m0./s1. The lowest BCUT2D eigenvalue weighted by Crippen LogP contribution is -3.00. The molecule has 0 spiro atoms. The molecule has 3 saturated heterocycles. The molecule has 0 N–H and O–H groups in total. The van der Waals surface area contributed by atoms with Crippen LogP contribution in [0, 0.1) is 29.2 Å². The zero-order chi connectivity index (χ0) is 25.3. The molecule has 0 aliphatic carbocycles. The number of halogens is 5. The number of carbonyl (C=O) groups excluding carboxylic acids is 1. The van der Waals surface area contributed by atoms with Crippen LogP contribution in [-0.4, -0.2) is 36.3 Å². The van der Waals surface area contributed by atoms with Gasteiger partial charge in [-0.15, -0.1) is 0 Å². The van der Waals surface area contributed by atoms with Gasteiger partial charge in [0.25, 0.3) is 0 Å². The Morgan fingerprint density at radius 2 is 1.49 bits per heavy atom. The first-order valence-corrected chi connectivity index (χ1v) is 12.1. The lowest BCUT2D eigenvalue weighted by Gasteiger charge is -2.52. The summed E-state index contributed by atoms with van der Waals surface area (Å²) < 4.78 is 62.6. The van der Waals surface area contributed by atoms with Gasteiger partial charge in [-0.3, -0.25) is 4.90 Å². The summed E-state index contributed by atoms with van der Waals surface area (Å²) in [5, 5.41) is 0. The minimum atomic E-state index is -1.60. The number of amides is 1. The number of para-hydroxylation sites is 1. The van der Waals surface area contributed by atoms with Gasteiger partial charge in [0.2, 0.25) is 0 Å². The predicted molar refractivity (Wildman–Crippen MR) is 127 cm³/mol. The van der Waals surface area contributed by atoms with Crippen molar-refractivity contribution in [2.24, 2.45) is 5.92 Å². The molecule has 0 saturated carbocycles. The number of rotatable bonds is 6. The van der Waals surface area contributed by atoms with Gasteiger partial charge in [0.1, 0.15) is 18.9 Å². The second-order valence-corrected chi connectivity index (χ2v) is 9.79. The molecular weight excluding hydrogens is 552 g/mol. The highest BCUT2D eigenvalue weighted by Crippen LogP contribution is 2.37. The third-order valence-corrected chi connectivity index (χ3v) is 7.40. The maximum Gasteiger partial charge on any atom is 0.415 e. The zero-order valence-electron chi connectivity index (χ0n) is 20.1. The van der Waals surface area contributed by atoms with Crippen molar-refractivity contribution < 1.29 is 48.6 Å². The van der Waals surface area contributed by atoms with Crippen LogP contribution in [0.4, 0.5) is 28.0 Å². The first kappa shape index (κ1) is 27.1. The summed E-state index contributed by atoms with van der Waals surface area (Å²) in [7, 11) is 0. The number of hydrogen-bond acceptors (Lipinski definition) is 2. The van der Waals surface area contributed by atoms with Gasteiger partial charge >= 0.3 is 6.09 Å². The number of piperidine rings is 3. The van der Waals surface area contributed by atoms with Gasteiger partial charge < -0.3 is 26.2 Å². The first-order valence-electron chi connectivity index (χ1n) is 12.1. The molecule has 1 amide bonds. The Morgan fingerprint density at radius 1 is 0.865 bits per heavy atom. The summed E-state index contributed by atoms with van der Waals surface area (Å²) in [6.07, 6.45) is 0.666. The highest BCUT2D eigenvalue weighted by atomic mass is 79.9. The van der Waals surface area contributed by atoms with Crippen molar-refractivity contribution in [1.82, 2.24) is 0 Å². The van der Waals surface area contributed by atoms with Crippen molar-refractivity contribution in [3.05, 3.63) is 101 Å². The highest BCUT2D eigenvalue weighted by Gasteiger charge is 2.48. The Bertz CT molecular complexity index is 1230. The van der Waals surface area contributed by atoms with Crippen molar-refractivity contribution in [3.8, 4) is 0 Å². The molecule has 2 bridgehead atoms. The Kier molecular flexibility index (Phi) is 8.23. The van der Waals surface area contributed by atoms with E-state index in [9.17, 15) is 22.4 Å². The third kappa shape index (κ3) is 5.83. The number of benzene rings is 3. The van der Waals surface area contributed by atoms with Gasteiger partial charge in [0, 0.05) is 24.3 Å². The van der Waals surface area contributed by atoms with Gasteiger partial charge in [-0.2, -0.15) is 0 Å². The molecule has 0 radical (unpaired) electrons. The summed E-state index contributed by atoms with van der Waals surface area (Å²) in [5.41, 5.74) is 1.12. The van der Waals surface area contributed by atoms with E-state index in [1.54, 1.807) is 6.07 Å². The molecular formula is C28H27BrF4N2O2. The summed E-state index contributed by atoms with van der Waals surface area (Å²) >= 11 is 0. The molecule has 37 heavy (non-hydrogen) atoms. The smallest absolute Gasteiger partial charge is 0.415 e. The average Bonchev–Trinajstić information content (AvgIpc) is 2.87. The maximum atomic E-state index is 14.7. The Hall–Kier alpha value is -2.91. The largest absolute Gasteiger partial charge is 1.00 e. The van der Waals surface area contributed by atoms with E-state index >= 15 is 0 Å². The van der Waals surface area contributed by atoms with E-state index in [1.807, 2.05) is 18.2 Å².